The van der Waals surface area contributed by atoms with Crippen LogP contribution in [-0.4, -0.2) is 44.2 Å². The van der Waals surface area contributed by atoms with Crippen LogP contribution in [0.3, 0.4) is 0 Å². The summed E-state index contributed by atoms with van der Waals surface area (Å²) in [5.74, 6) is 0. The number of likely N-dealkylation sites (N-methyl/N-ethyl adjacent to an activating group) is 1. The molecule has 0 aliphatic carbocycles. The van der Waals surface area contributed by atoms with E-state index in [9.17, 15) is 0 Å². The van der Waals surface area contributed by atoms with Crippen molar-refractivity contribution >= 4 is 5.69 Å². The van der Waals surface area contributed by atoms with E-state index in [4.69, 9.17) is 5.73 Å². The molecular weight excluding hydrogens is 246 g/mol. The van der Waals surface area contributed by atoms with E-state index in [1.54, 1.807) is 0 Å². The molecule has 1 fully saturated rings. The number of anilines is 1. The molecular formula is C17H29N3. The van der Waals surface area contributed by atoms with Crippen LogP contribution >= 0.6 is 0 Å². The number of nitrogens with two attached hydrogens (primary N) is 1. The largest absolute Gasteiger partial charge is 0.367 e. The van der Waals surface area contributed by atoms with Crippen LogP contribution in [0.25, 0.3) is 0 Å². The number of rotatable bonds is 4. The maximum atomic E-state index is 5.80. The molecule has 1 heterocycles. The average Bonchev–Trinajstić information content (AvgIpc) is 2.61. The molecule has 1 saturated heterocycles. The Hall–Kier alpha value is -1.06. The van der Waals surface area contributed by atoms with Crippen LogP contribution in [0.15, 0.2) is 18.2 Å². The third kappa shape index (κ3) is 3.53. The first-order valence-corrected chi connectivity index (χ1v) is 7.90. The van der Waals surface area contributed by atoms with Gasteiger partial charge in [-0.05, 0) is 58.0 Å². The summed E-state index contributed by atoms with van der Waals surface area (Å²) < 4.78 is 0. The first-order chi connectivity index (χ1) is 9.65. The van der Waals surface area contributed by atoms with Crippen LogP contribution in [-0.2, 0) is 6.42 Å². The maximum absolute atomic E-state index is 5.80. The predicted molar refractivity (Wildman–Crippen MR) is 87.5 cm³/mol. The Morgan fingerprint density at radius 3 is 2.80 bits per heavy atom. The average molecular weight is 275 g/mol. The van der Waals surface area contributed by atoms with E-state index in [0.29, 0.717) is 6.04 Å². The van der Waals surface area contributed by atoms with Crippen molar-refractivity contribution in [3.05, 3.63) is 29.3 Å². The topological polar surface area (TPSA) is 32.5 Å². The Bertz CT molecular complexity index is 430. The molecule has 0 aromatic heterocycles. The summed E-state index contributed by atoms with van der Waals surface area (Å²) in [5, 5.41) is 0. The molecule has 0 saturated carbocycles. The molecule has 0 spiro atoms. The monoisotopic (exact) mass is 275 g/mol. The molecule has 1 atom stereocenters. The van der Waals surface area contributed by atoms with Gasteiger partial charge in [-0.1, -0.05) is 24.6 Å². The van der Waals surface area contributed by atoms with Crippen LogP contribution in [0, 0.1) is 6.92 Å². The normalized spacial score (nSPS) is 21.0. The fourth-order valence-corrected chi connectivity index (χ4v) is 3.26. The molecule has 112 valence electrons. The third-order valence-corrected chi connectivity index (χ3v) is 4.33. The smallest absolute Gasteiger partial charge is 0.0414 e. The first-order valence-electron chi connectivity index (χ1n) is 7.90. The highest BCUT2D eigenvalue weighted by atomic mass is 15.2. The van der Waals surface area contributed by atoms with Gasteiger partial charge in [0.2, 0.25) is 0 Å². The lowest BCUT2D eigenvalue weighted by Crippen LogP contribution is -2.40. The second-order valence-corrected chi connectivity index (χ2v) is 6.04. The molecule has 1 unspecified atom stereocenters. The number of benzene rings is 1. The molecule has 1 aromatic carbocycles. The zero-order valence-corrected chi connectivity index (χ0v) is 13.2. The molecule has 2 N–H and O–H groups in total. The van der Waals surface area contributed by atoms with E-state index in [-0.39, 0.29) is 0 Å². The van der Waals surface area contributed by atoms with E-state index in [1.807, 2.05) is 0 Å². The van der Waals surface area contributed by atoms with Gasteiger partial charge in [-0.15, -0.1) is 0 Å². The molecule has 1 aliphatic heterocycles. The second kappa shape index (κ2) is 7.09. The van der Waals surface area contributed by atoms with Gasteiger partial charge in [-0.3, -0.25) is 0 Å². The molecule has 3 heteroatoms. The number of aryl methyl sites for hydroxylation is 1. The van der Waals surface area contributed by atoms with Gasteiger partial charge in [0.1, 0.15) is 0 Å². The molecule has 1 aliphatic rings. The summed E-state index contributed by atoms with van der Waals surface area (Å²) in [7, 11) is 2.24. The van der Waals surface area contributed by atoms with Gasteiger partial charge >= 0.3 is 0 Å². The van der Waals surface area contributed by atoms with Crippen molar-refractivity contribution in [2.24, 2.45) is 5.73 Å². The SMILES string of the molecule is CCC1CN(C)CCCN1c1ccc(C)cc1CCN. The number of hydrogen-bond acceptors (Lipinski definition) is 3. The van der Waals surface area contributed by atoms with Crippen molar-refractivity contribution in [2.75, 3.05) is 38.1 Å². The first kappa shape index (κ1) is 15.3. The fourth-order valence-electron chi connectivity index (χ4n) is 3.26. The van der Waals surface area contributed by atoms with Crippen LogP contribution in [0.2, 0.25) is 0 Å². The van der Waals surface area contributed by atoms with Gasteiger partial charge in [-0.25, -0.2) is 0 Å². The van der Waals surface area contributed by atoms with Gasteiger partial charge in [0, 0.05) is 24.8 Å². The highest BCUT2D eigenvalue weighted by Gasteiger charge is 2.23. The second-order valence-electron chi connectivity index (χ2n) is 6.04. The van der Waals surface area contributed by atoms with Crippen molar-refractivity contribution < 1.29 is 0 Å². The van der Waals surface area contributed by atoms with Crippen molar-refractivity contribution in [2.45, 2.75) is 39.2 Å². The van der Waals surface area contributed by atoms with Crippen molar-refractivity contribution in [1.82, 2.24) is 4.90 Å². The van der Waals surface area contributed by atoms with E-state index in [2.05, 4.69) is 48.9 Å². The Labute approximate surface area is 123 Å². The standard InChI is InChI=1S/C17H29N3/c1-4-16-13-19(3)10-5-11-20(16)17-7-6-14(2)12-15(17)8-9-18/h6-7,12,16H,4-5,8-11,13,18H2,1-3H3. The fraction of sp³-hybridized carbons (Fsp3) is 0.647. The van der Waals surface area contributed by atoms with Gasteiger partial charge < -0.3 is 15.5 Å². The highest BCUT2D eigenvalue weighted by molar-refractivity contribution is 5.56. The Kier molecular flexibility index (Phi) is 5.44. The van der Waals surface area contributed by atoms with E-state index < -0.39 is 0 Å². The van der Waals surface area contributed by atoms with Gasteiger partial charge in [-0.2, -0.15) is 0 Å². The number of nitrogens with zero attached hydrogens (tertiary/aromatic N) is 2. The zero-order valence-electron chi connectivity index (χ0n) is 13.2. The van der Waals surface area contributed by atoms with Crippen molar-refractivity contribution in [3.8, 4) is 0 Å². The summed E-state index contributed by atoms with van der Waals surface area (Å²) in [6.45, 7) is 8.70. The van der Waals surface area contributed by atoms with E-state index in [1.165, 1.54) is 36.2 Å². The summed E-state index contributed by atoms with van der Waals surface area (Å²) in [6, 6.07) is 7.45. The lowest BCUT2D eigenvalue weighted by atomic mass is 10.0. The summed E-state index contributed by atoms with van der Waals surface area (Å²) in [4.78, 5) is 5.08. The third-order valence-electron chi connectivity index (χ3n) is 4.33. The van der Waals surface area contributed by atoms with Crippen molar-refractivity contribution in [1.29, 1.82) is 0 Å². The van der Waals surface area contributed by atoms with Crippen molar-refractivity contribution in [3.63, 3.8) is 0 Å². The van der Waals surface area contributed by atoms with Crippen LogP contribution in [0.1, 0.15) is 30.9 Å². The Morgan fingerprint density at radius 2 is 2.10 bits per heavy atom. The van der Waals surface area contributed by atoms with Gasteiger partial charge in [0.25, 0.3) is 0 Å². The summed E-state index contributed by atoms with van der Waals surface area (Å²) >= 11 is 0. The summed E-state index contributed by atoms with van der Waals surface area (Å²) in [5.41, 5.74) is 9.95. The van der Waals surface area contributed by atoms with Crippen LogP contribution in [0.5, 0.6) is 0 Å². The summed E-state index contributed by atoms with van der Waals surface area (Å²) in [6.07, 6.45) is 3.41. The zero-order chi connectivity index (χ0) is 14.5. The minimum atomic E-state index is 0.613. The van der Waals surface area contributed by atoms with E-state index in [0.717, 1.165) is 26.1 Å². The Morgan fingerprint density at radius 1 is 1.30 bits per heavy atom. The van der Waals surface area contributed by atoms with Crippen LogP contribution < -0.4 is 10.6 Å². The molecule has 0 radical (unpaired) electrons. The molecule has 1 aromatic rings. The molecule has 0 amide bonds. The molecule has 3 nitrogen and oxygen atoms in total. The lowest BCUT2D eigenvalue weighted by Gasteiger charge is -2.34. The lowest BCUT2D eigenvalue weighted by molar-refractivity contribution is 0.328. The van der Waals surface area contributed by atoms with Gasteiger partial charge in [0.15, 0.2) is 0 Å². The Balaban J connectivity index is 2.31. The number of hydrogen-bond donors (Lipinski definition) is 1. The minimum Gasteiger partial charge on any atom is -0.367 e. The quantitative estimate of drug-likeness (QED) is 0.916. The van der Waals surface area contributed by atoms with Crippen LogP contribution in [0.4, 0.5) is 5.69 Å². The minimum absolute atomic E-state index is 0.613. The predicted octanol–water partition coefficient (Wildman–Crippen LogP) is 2.42. The molecule has 0 bridgehead atoms. The highest BCUT2D eigenvalue weighted by Crippen LogP contribution is 2.27. The molecule has 2 rings (SSSR count). The molecule has 20 heavy (non-hydrogen) atoms. The maximum Gasteiger partial charge on any atom is 0.0414 e. The van der Waals surface area contributed by atoms with E-state index >= 15 is 0 Å². The van der Waals surface area contributed by atoms with Gasteiger partial charge in [0.05, 0.1) is 0 Å².